The van der Waals surface area contributed by atoms with Crippen molar-refractivity contribution in [2.45, 2.75) is 39.2 Å². The van der Waals surface area contributed by atoms with Crippen LogP contribution in [0.15, 0.2) is 0 Å². The number of morpholine rings is 1. The molecule has 1 rings (SSSR count). The van der Waals surface area contributed by atoms with E-state index in [1.54, 1.807) is 0 Å². The van der Waals surface area contributed by atoms with E-state index in [1.807, 2.05) is 0 Å². The molecule has 0 saturated carbocycles. The van der Waals surface area contributed by atoms with Gasteiger partial charge in [0.2, 0.25) is 0 Å². The monoisotopic (exact) mass is 210 g/mol. The summed E-state index contributed by atoms with van der Waals surface area (Å²) in [6.45, 7) is 9.77. The molecule has 3 heteroatoms. The van der Waals surface area contributed by atoms with E-state index in [0.717, 1.165) is 39.1 Å². The van der Waals surface area contributed by atoms with Gasteiger partial charge in [0.15, 0.2) is 0 Å². The zero-order valence-corrected chi connectivity index (χ0v) is 10.1. The maximum Gasteiger partial charge on any atom is 0.106 e. The second-order valence-corrected chi connectivity index (χ2v) is 4.92. The number of hydrogen-bond donors (Lipinski definition) is 0. The number of nitriles is 1. The fraction of sp³-hybridized carbons (Fsp3) is 0.917. The third-order valence-corrected chi connectivity index (χ3v) is 3.16. The van der Waals surface area contributed by atoms with Gasteiger partial charge in [-0.3, -0.25) is 4.90 Å². The van der Waals surface area contributed by atoms with Crippen molar-refractivity contribution in [2.24, 2.45) is 5.92 Å². The molecule has 1 aliphatic rings. The highest BCUT2D eigenvalue weighted by Gasteiger charge is 2.32. The summed E-state index contributed by atoms with van der Waals surface area (Å²) < 4.78 is 5.31. The van der Waals surface area contributed by atoms with Crippen molar-refractivity contribution in [3.8, 4) is 6.07 Å². The highest BCUT2D eigenvalue weighted by atomic mass is 16.5. The molecule has 1 fully saturated rings. The predicted molar refractivity (Wildman–Crippen MR) is 60.5 cm³/mol. The molecule has 1 atom stereocenters. The Hall–Kier alpha value is -0.590. The van der Waals surface area contributed by atoms with E-state index in [2.05, 4.69) is 31.7 Å². The molecule has 0 aromatic heterocycles. The molecule has 86 valence electrons. The molecule has 0 N–H and O–H groups in total. The van der Waals surface area contributed by atoms with Gasteiger partial charge in [-0.1, -0.05) is 13.8 Å². The molecular weight excluding hydrogens is 188 g/mol. The largest absolute Gasteiger partial charge is 0.379 e. The molecule has 3 nitrogen and oxygen atoms in total. The summed E-state index contributed by atoms with van der Waals surface area (Å²) >= 11 is 0. The van der Waals surface area contributed by atoms with Crippen molar-refractivity contribution < 1.29 is 4.74 Å². The van der Waals surface area contributed by atoms with E-state index in [1.165, 1.54) is 0 Å². The Labute approximate surface area is 93.0 Å². The lowest BCUT2D eigenvalue weighted by Gasteiger charge is -2.38. The summed E-state index contributed by atoms with van der Waals surface area (Å²) in [5, 5.41) is 9.32. The van der Waals surface area contributed by atoms with E-state index in [0.29, 0.717) is 5.92 Å². The first-order chi connectivity index (χ1) is 7.08. The van der Waals surface area contributed by atoms with Gasteiger partial charge in [-0.2, -0.15) is 5.26 Å². The molecule has 0 bridgehead atoms. The minimum atomic E-state index is -0.298. The highest BCUT2D eigenvalue weighted by molar-refractivity contribution is 5.05. The van der Waals surface area contributed by atoms with Crippen LogP contribution >= 0.6 is 0 Å². The SMILES string of the molecule is CC(C)CCC(C)(C#N)N1CCOCC1. The Morgan fingerprint density at radius 3 is 2.47 bits per heavy atom. The summed E-state index contributed by atoms with van der Waals surface area (Å²) in [4.78, 5) is 2.26. The highest BCUT2D eigenvalue weighted by Crippen LogP contribution is 2.23. The van der Waals surface area contributed by atoms with Crippen LogP contribution in [0.4, 0.5) is 0 Å². The lowest BCUT2D eigenvalue weighted by Crippen LogP contribution is -2.51. The van der Waals surface area contributed by atoms with E-state index in [4.69, 9.17) is 4.74 Å². The summed E-state index contributed by atoms with van der Waals surface area (Å²) in [5.41, 5.74) is -0.298. The molecule has 1 heterocycles. The van der Waals surface area contributed by atoms with Gasteiger partial charge in [-0.25, -0.2) is 0 Å². The van der Waals surface area contributed by atoms with Crippen LogP contribution in [-0.2, 0) is 4.74 Å². The average molecular weight is 210 g/mol. The van der Waals surface area contributed by atoms with E-state index < -0.39 is 0 Å². The van der Waals surface area contributed by atoms with Gasteiger partial charge in [-0.05, 0) is 25.7 Å². The summed E-state index contributed by atoms with van der Waals surface area (Å²) in [5.74, 6) is 0.665. The molecule has 15 heavy (non-hydrogen) atoms. The Balaban J connectivity index is 2.54. The topological polar surface area (TPSA) is 36.3 Å². The van der Waals surface area contributed by atoms with Gasteiger partial charge in [0.25, 0.3) is 0 Å². The maximum atomic E-state index is 9.32. The Bertz CT molecular complexity index is 228. The smallest absolute Gasteiger partial charge is 0.106 e. The lowest BCUT2D eigenvalue weighted by molar-refractivity contribution is -0.00187. The van der Waals surface area contributed by atoms with Crippen molar-refractivity contribution in [2.75, 3.05) is 26.3 Å². The Morgan fingerprint density at radius 2 is 2.00 bits per heavy atom. The van der Waals surface area contributed by atoms with Gasteiger partial charge in [-0.15, -0.1) is 0 Å². The summed E-state index contributed by atoms with van der Waals surface area (Å²) in [6.07, 6.45) is 2.07. The summed E-state index contributed by atoms with van der Waals surface area (Å²) in [7, 11) is 0. The van der Waals surface area contributed by atoms with Crippen LogP contribution in [0.2, 0.25) is 0 Å². The fourth-order valence-electron chi connectivity index (χ4n) is 1.91. The van der Waals surface area contributed by atoms with Gasteiger partial charge >= 0.3 is 0 Å². The number of nitrogens with zero attached hydrogens (tertiary/aromatic N) is 2. The molecule has 0 amide bonds. The normalized spacial score (nSPS) is 22.3. The Morgan fingerprint density at radius 1 is 1.40 bits per heavy atom. The fourth-order valence-corrected chi connectivity index (χ4v) is 1.91. The van der Waals surface area contributed by atoms with Crippen molar-refractivity contribution >= 4 is 0 Å². The molecule has 0 aliphatic carbocycles. The lowest BCUT2D eigenvalue weighted by atomic mass is 9.91. The molecule has 1 unspecified atom stereocenters. The molecular formula is C12H22N2O. The van der Waals surface area contributed by atoms with Crippen molar-refractivity contribution in [1.29, 1.82) is 5.26 Å². The zero-order chi connectivity index (χ0) is 11.3. The van der Waals surface area contributed by atoms with Crippen LogP contribution in [0.25, 0.3) is 0 Å². The number of rotatable bonds is 4. The van der Waals surface area contributed by atoms with Crippen molar-refractivity contribution in [3.05, 3.63) is 0 Å². The minimum absolute atomic E-state index is 0.298. The van der Waals surface area contributed by atoms with Gasteiger partial charge in [0.1, 0.15) is 5.54 Å². The number of hydrogen-bond acceptors (Lipinski definition) is 3. The Kier molecular flexibility index (Phi) is 4.56. The van der Waals surface area contributed by atoms with Crippen LogP contribution in [0, 0.1) is 17.2 Å². The molecule has 1 aliphatic heterocycles. The predicted octanol–water partition coefficient (Wildman–Crippen LogP) is 2.04. The van der Waals surface area contributed by atoms with E-state index in [9.17, 15) is 5.26 Å². The van der Waals surface area contributed by atoms with Crippen LogP contribution < -0.4 is 0 Å². The molecule has 0 aromatic rings. The van der Waals surface area contributed by atoms with Crippen LogP contribution in [-0.4, -0.2) is 36.7 Å². The third kappa shape index (κ3) is 3.48. The quantitative estimate of drug-likeness (QED) is 0.712. The summed E-state index contributed by atoms with van der Waals surface area (Å²) in [6, 6.07) is 2.47. The van der Waals surface area contributed by atoms with Crippen molar-refractivity contribution in [1.82, 2.24) is 4.90 Å². The zero-order valence-electron chi connectivity index (χ0n) is 10.1. The molecule has 1 saturated heterocycles. The van der Waals surface area contributed by atoms with Gasteiger partial charge in [0, 0.05) is 13.1 Å². The van der Waals surface area contributed by atoms with E-state index in [-0.39, 0.29) is 5.54 Å². The van der Waals surface area contributed by atoms with Crippen LogP contribution in [0.5, 0.6) is 0 Å². The maximum absolute atomic E-state index is 9.32. The average Bonchev–Trinajstić information content (AvgIpc) is 2.27. The first kappa shape index (κ1) is 12.5. The van der Waals surface area contributed by atoms with Crippen LogP contribution in [0.3, 0.4) is 0 Å². The van der Waals surface area contributed by atoms with Crippen LogP contribution in [0.1, 0.15) is 33.6 Å². The van der Waals surface area contributed by atoms with Gasteiger partial charge < -0.3 is 4.74 Å². The van der Waals surface area contributed by atoms with Crippen molar-refractivity contribution in [3.63, 3.8) is 0 Å². The molecule has 0 spiro atoms. The first-order valence-corrected chi connectivity index (χ1v) is 5.82. The second kappa shape index (κ2) is 5.48. The minimum Gasteiger partial charge on any atom is -0.379 e. The second-order valence-electron chi connectivity index (χ2n) is 4.92. The molecule has 0 aromatic carbocycles. The third-order valence-electron chi connectivity index (χ3n) is 3.16. The number of ether oxygens (including phenoxy) is 1. The first-order valence-electron chi connectivity index (χ1n) is 5.82. The molecule has 0 radical (unpaired) electrons. The standard InChI is InChI=1S/C12H22N2O/c1-11(2)4-5-12(3,10-13)14-6-8-15-9-7-14/h11H,4-9H2,1-3H3. The van der Waals surface area contributed by atoms with Gasteiger partial charge in [0.05, 0.1) is 19.3 Å². The van der Waals surface area contributed by atoms with E-state index >= 15 is 0 Å².